The average Bonchev–Trinajstić information content (AvgIpc) is 2.93. The Morgan fingerprint density at radius 2 is 2.00 bits per heavy atom. The van der Waals surface area contributed by atoms with Crippen LogP contribution in [-0.2, 0) is 15.9 Å². The Morgan fingerprint density at radius 3 is 2.53 bits per heavy atom. The van der Waals surface area contributed by atoms with E-state index in [1.807, 2.05) is 24.3 Å². The third-order valence-corrected chi connectivity index (χ3v) is 2.23. The number of epoxide rings is 1. The van der Waals surface area contributed by atoms with E-state index in [2.05, 4.69) is 6.58 Å². The van der Waals surface area contributed by atoms with Gasteiger partial charge in [0.05, 0.1) is 6.61 Å². The molecule has 1 saturated heterocycles. The summed E-state index contributed by atoms with van der Waals surface area (Å²) in [6, 6.07) is 7.92. The van der Waals surface area contributed by atoms with E-state index in [0.29, 0.717) is 5.76 Å². The molecule has 0 saturated carbocycles. The molecule has 15 heavy (non-hydrogen) atoms. The van der Waals surface area contributed by atoms with Gasteiger partial charge in [0, 0.05) is 7.11 Å². The normalized spacial score (nSPS) is 18.5. The SMILES string of the molecule is C=C1OC1Oc1ccc(CCOC)cc1. The second-order valence-electron chi connectivity index (χ2n) is 3.42. The lowest BCUT2D eigenvalue weighted by molar-refractivity contribution is 0.179. The highest BCUT2D eigenvalue weighted by molar-refractivity contribution is 5.28. The lowest BCUT2D eigenvalue weighted by Crippen LogP contribution is -1.98. The molecule has 0 aliphatic carbocycles. The van der Waals surface area contributed by atoms with Crippen molar-refractivity contribution in [3.63, 3.8) is 0 Å². The molecule has 0 amide bonds. The topological polar surface area (TPSA) is 31.0 Å². The van der Waals surface area contributed by atoms with Gasteiger partial charge in [0.2, 0.25) is 0 Å². The van der Waals surface area contributed by atoms with Crippen molar-refractivity contribution in [2.75, 3.05) is 13.7 Å². The molecule has 0 bridgehead atoms. The van der Waals surface area contributed by atoms with Gasteiger partial charge in [-0.1, -0.05) is 18.7 Å². The van der Waals surface area contributed by atoms with Gasteiger partial charge < -0.3 is 14.2 Å². The van der Waals surface area contributed by atoms with Crippen LogP contribution >= 0.6 is 0 Å². The van der Waals surface area contributed by atoms with Crippen molar-refractivity contribution in [3.8, 4) is 5.75 Å². The van der Waals surface area contributed by atoms with E-state index < -0.39 is 0 Å². The first-order valence-electron chi connectivity index (χ1n) is 4.89. The molecule has 2 rings (SSSR count). The second kappa shape index (κ2) is 4.36. The Hall–Kier alpha value is -1.48. The van der Waals surface area contributed by atoms with Crippen LogP contribution in [0.5, 0.6) is 5.75 Å². The van der Waals surface area contributed by atoms with Crippen molar-refractivity contribution in [2.45, 2.75) is 12.7 Å². The molecule has 1 atom stereocenters. The third-order valence-electron chi connectivity index (χ3n) is 2.23. The Bertz CT molecular complexity index is 342. The molecule has 0 N–H and O–H groups in total. The monoisotopic (exact) mass is 206 g/mol. The van der Waals surface area contributed by atoms with Crippen LogP contribution < -0.4 is 4.74 Å². The molecule has 0 aromatic heterocycles. The van der Waals surface area contributed by atoms with Crippen molar-refractivity contribution in [3.05, 3.63) is 42.2 Å². The Morgan fingerprint density at radius 1 is 1.33 bits per heavy atom. The first-order chi connectivity index (χ1) is 7.29. The molecule has 0 spiro atoms. The van der Waals surface area contributed by atoms with E-state index in [1.54, 1.807) is 7.11 Å². The summed E-state index contributed by atoms with van der Waals surface area (Å²) in [4.78, 5) is 0. The Balaban J connectivity index is 1.88. The maximum atomic E-state index is 5.44. The fourth-order valence-electron chi connectivity index (χ4n) is 1.27. The molecule has 1 heterocycles. The first kappa shape index (κ1) is 10.1. The number of hydrogen-bond acceptors (Lipinski definition) is 3. The second-order valence-corrected chi connectivity index (χ2v) is 3.42. The van der Waals surface area contributed by atoms with Crippen molar-refractivity contribution < 1.29 is 14.2 Å². The van der Waals surface area contributed by atoms with Gasteiger partial charge in [0.15, 0.2) is 5.76 Å². The van der Waals surface area contributed by atoms with E-state index in [0.717, 1.165) is 18.8 Å². The van der Waals surface area contributed by atoms with Gasteiger partial charge in [0.1, 0.15) is 5.75 Å². The summed E-state index contributed by atoms with van der Waals surface area (Å²) < 4.78 is 15.4. The molecule has 1 aliphatic rings. The predicted molar refractivity (Wildman–Crippen MR) is 56.7 cm³/mol. The summed E-state index contributed by atoms with van der Waals surface area (Å²) in [5.74, 6) is 1.50. The molecule has 1 fully saturated rings. The first-order valence-corrected chi connectivity index (χ1v) is 4.89. The van der Waals surface area contributed by atoms with Crippen LogP contribution in [0.4, 0.5) is 0 Å². The summed E-state index contributed by atoms with van der Waals surface area (Å²) >= 11 is 0. The maximum Gasteiger partial charge on any atom is 0.299 e. The smallest absolute Gasteiger partial charge is 0.299 e. The lowest BCUT2D eigenvalue weighted by atomic mass is 10.1. The number of rotatable bonds is 5. The van der Waals surface area contributed by atoms with Crippen molar-refractivity contribution in [2.24, 2.45) is 0 Å². The quantitative estimate of drug-likeness (QED) is 0.691. The number of ether oxygens (including phenoxy) is 3. The zero-order chi connectivity index (χ0) is 10.7. The van der Waals surface area contributed by atoms with E-state index in [9.17, 15) is 0 Å². The van der Waals surface area contributed by atoms with Crippen molar-refractivity contribution in [1.29, 1.82) is 0 Å². The van der Waals surface area contributed by atoms with E-state index in [1.165, 1.54) is 5.56 Å². The minimum atomic E-state index is -0.241. The molecule has 1 unspecified atom stereocenters. The van der Waals surface area contributed by atoms with Crippen LogP contribution in [0.25, 0.3) is 0 Å². The summed E-state index contributed by atoms with van der Waals surface area (Å²) in [7, 11) is 1.70. The highest BCUT2D eigenvalue weighted by atomic mass is 16.8. The van der Waals surface area contributed by atoms with Gasteiger partial charge in [-0.05, 0) is 24.1 Å². The van der Waals surface area contributed by atoms with Gasteiger partial charge in [-0.25, -0.2) is 0 Å². The highest BCUT2D eigenvalue weighted by Gasteiger charge is 2.32. The van der Waals surface area contributed by atoms with E-state index >= 15 is 0 Å². The fourth-order valence-corrected chi connectivity index (χ4v) is 1.27. The molecule has 1 aliphatic heterocycles. The van der Waals surface area contributed by atoms with E-state index in [-0.39, 0.29) is 6.29 Å². The van der Waals surface area contributed by atoms with Crippen molar-refractivity contribution in [1.82, 2.24) is 0 Å². The van der Waals surface area contributed by atoms with Gasteiger partial charge in [0.25, 0.3) is 6.29 Å². The van der Waals surface area contributed by atoms with Crippen LogP contribution in [0.15, 0.2) is 36.6 Å². The van der Waals surface area contributed by atoms with Gasteiger partial charge >= 0.3 is 0 Å². The van der Waals surface area contributed by atoms with Crippen LogP contribution in [0.1, 0.15) is 5.56 Å². The molecular weight excluding hydrogens is 192 g/mol. The zero-order valence-electron chi connectivity index (χ0n) is 8.73. The van der Waals surface area contributed by atoms with Gasteiger partial charge in [-0.15, -0.1) is 0 Å². The molecule has 1 aromatic rings. The van der Waals surface area contributed by atoms with Crippen LogP contribution in [0.2, 0.25) is 0 Å². The Kier molecular flexibility index (Phi) is 2.92. The van der Waals surface area contributed by atoms with Crippen molar-refractivity contribution >= 4 is 0 Å². The van der Waals surface area contributed by atoms with Crippen LogP contribution in [0, 0.1) is 0 Å². The minimum absolute atomic E-state index is 0.241. The lowest BCUT2D eigenvalue weighted by Gasteiger charge is -2.03. The summed E-state index contributed by atoms with van der Waals surface area (Å²) in [5.41, 5.74) is 1.24. The summed E-state index contributed by atoms with van der Waals surface area (Å²) in [6.07, 6.45) is 0.679. The van der Waals surface area contributed by atoms with E-state index in [4.69, 9.17) is 14.2 Å². The molecule has 3 heteroatoms. The van der Waals surface area contributed by atoms with Crippen LogP contribution in [0.3, 0.4) is 0 Å². The third kappa shape index (κ3) is 2.73. The molecule has 3 nitrogen and oxygen atoms in total. The van der Waals surface area contributed by atoms with Gasteiger partial charge in [-0.2, -0.15) is 0 Å². The number of benzene rings is 1. The van der Waals surface area contributed by atoms with Gasteiger partial charge in [-0.3, -0.25) is 0 Å². The fraction of sp³-hybridized carbons (Fsp3) is 0.333. The zero-order valence-corrected chi connectivity index (χ0v) is 8.73. The summed E-state index contributed by atoms with van der Waals surface area (Å²) in [5, 5.41) is 0. The molecule has 1 aromatic carbocycles. The standard InChI is InChI=1S/C12H14O3/c1-9-12(14-9)15-11-5-3-10(4-6-11)7-8-13-2/h3-6,12H,1,7-8H2,2H3. The Labute approximate surface area is 89.3 Å². The van der Waals surface area contributed by atoms with Crippen LogP contribution in [-0.4, -0.2) is 20.0 Å². The highest BCUT2D eigenvalue weighted by Crippen LogP contribution is 2.28. The maximum absolute atomic E-state index is 5.44. The molecule has 0 radical (unpaired) electrons. The number of methoxy groups -OCH3 is 1. The predicted octanol–water partition coefficient (Wildman–Crippen LogP) is 2.12. The largest absolute Gasteiger partial charge is 0.448 e. The summed E-state index contributed by atoms with van der Waals surface area (Å²) in [6.45, 7) is 4.38. The molecular formula is C12H14O3. The average molecular weight is 206 g/mol. The molecule has 80 valence electrons. The number of hydrogen-bond donors (Lipinski definition) is 0. The minimum Gasteiger partial charge on any atom is -0.448 e.